The molecular formula is C14H22N2. The Morgan fingerprint density at radius 3 is 2.69 bits per heavy atom. The highest BCUT2D eigenvalue weighted by molar-refractivity contribution is 5.56. The van der Waals surface area contributed by atoms with Gasteiger partial charge in [-0.25, -0.2) is 0 Å². The lowest BCUT2D eigenvalue weighted by molar-refractivity contribution is 0.549. The van der Waals surface area contributed by atoms with E-state index < -0.39 is 0 Å². The van der Waals surface area contributed by atoms with Gasteiger partial charge in [0.1, 0.15) is 0 Å². The van der Waals surface area contributed by atoms with Crippen LogP contribution in [0, 0.1) is 19.8 Å². The van der Waals surface area contributed by atoms with Crippen LogP contribution in [0.1, 0.15) is 24.0 Å². The van der Waals surface area contributed by atoms with Crippen molar-refractivity contribution in [2.24, 2.45) is 5.92 Å². The Hall–Kier alpha value is -1.02. The number of anilines is 1. The number of aryl methyl sites for hydroxylation is 2. The summed E-state index contributed by atoms with van der Waals surface area (Å²) >= 11 is 0. The maximum absolute atomic E-state index is 3.58. The molecule has 88 valence electrons. The molecule has 1 fully saturated rings. The Morgan fingerprint density at radius 1 is 1.31 bits per heavy atom. The van der Waals surface area contributed by atoms with Crippen LogP contribution in [0.3, 0.4) is 0 Å². The number of hydrogen-bond acceptors (Lipinski definition) is 2. The Kier molecular flexibility index (Phi) is 3.83. The van der Waals surface area contributed by atoms with Crippen LogP contribution < -0.4 is 10.6 Å². The fraction of sp³-hybridized carbons (Fsp3) is 0.571. The second-order valence-electron chi connectivity index (χ2n) is 4.84. The van der Waals surface area contributed by atoms with E-state index in [2.05, 4.69) is 42.7 Å². The Morgan fingerprint density at radius 2 is 2.06 bits per heavy atom. The van der Waals surface area contributed by atoms with E-state index in [0.29, 0.717) is 0 Å². The molecule has 0 bridgehead atoms. The molecule has 0 amide bonds. The fourth-order valence-electron chi connectivity index (χ4n) is 2.46. The maximum Gasteiger partial charge on any atom is 0.0399 e. The lowest BCUT2D eigenvalue weighted by atomic mass is 10.0. The summed E-state index contributed by atoms with van der Waals surface area (Å²) in [5.74, 6) is 0.872. The van der Waals surface area contributed by atoms with Crippen molar-refractivity contribution in [1.29, 1.82) is 0 Å². The SMILES string of the molecule is Cc1cccc(C)c1NCCC1CCNC1. The molecule has 1 heterocycles. The van der Waals surface area contributed by atoms with Gasteiger partial charge in [-0.15, -0.1) is 0 Å². The molecule has 2 nitrogen and oxygen atoms in total. The molecule has 16 heavy (non-hydrogen) atoms. The van der Waals surface area contributed by atoms with Crippen molar-refractivity contribution < 1.29 is 0 Å². The lowest BCUT2D eigenvalue weighted by Crippen LogP contribution is -2.13. The number of nitrogens with one attached hydrogen (secondary N) is 2. The Labute approximate surface area is 98.4 Å². The molecule has 1 atom stereocenters. The van der Waals surface area contributed by atoms with Crippen molar-refractivity contribution in [2.45, 2.75) is 26.7 Å². The van der Waals surface area contributed by atoms with E-state index in [1.165, 1.54) is 42.7 Å². The predicted molar refractivity (Wildman–Crippen MR) is 70.0 cm³/mol. The zero-order valence-electron chi connectivity index (χ0n) is 10.3. The third-order valence-corrected chi connectivity index (χ3v) is 3.50. The minimum atomic E-state index is 0.872. The molecule has 1 unspecified atom stereocenters. The third kappa shape index (κ3) is 2.76. The van der Waals surface area contributed by atoms with Gasteiger partial charge in [0.25, 0.3) is 0 Å². The second-order valence-corrected chi connectivity index (χ2v) is 4.84. The van der Waals surface area contributed by atoms with Crippen LogP contribution in [0.2, 0.25) is 0 Å². The molecule has 1 aliphatic heterocycles. The normalized spacial score (nSPS) is 20.0. The van der Waals surface area contributed by atoms with Gasteiger partial charge < -0.3 is 10.6 Å². The smallest absolute Gasteiger partial charge is 0.0399 e. The molecule has 1 aromatic carbocycles. The summed E-state index contributed by atoms with van der Waals surface area (Å²) in [4.78, 5) is 0. The van der Waals surface area contributed by atoms with Crippen molar-refractivity contribution in [1.82, 2.24) is 5.32 Å². The molecular weight excluding hydrogens is 196 g/mol. The molecule has 1 aromatic rings. The van der Waals surface area contributed by atoms with Gasteiger partial charge >= 0.3 is 0 Å². The minimum absolute atomic E-state index is 0.872. The zero-order valence-corrected chi connectivity index (χ0v) is 10.3. The van der Waals surface area contributed by atoms with E-state index in [9.17, 15) is 0 Å². The number of para-hydroxylation sites is 1. The molecule has 2 rings (SSSR count). The molecule has 1 saturated heterocycles. The molecule has 2 N–H and O–H groups in total. The van der Waals surface area contributed by atoms with Crippen molar-refractivity contribution in [3.8, 4) is 0 Å². The van der Waals surface area contributed by atoms with Crippen molar-refractivity contribution in [3.05, 3.63) is 29.3 Å². The van der Waals surface area contributed by atoms with E-state index in [4.69, 9.17) is 0 Å². The van der Waals surface area contributed by atoms with Gasteiger partial charge in [0, 0.05) is 12.2 Å². The van der Waals surface area contributed by atoms with Crippen LogP contribution in [0.25, 0.3) is 0 Å². The second kappa shape index (κ2) is 5.35. The summed E-state index contributed by atoms with van der Waals surface area (Å²) < 4.78 is 0. The van der Waals surface area contributed by atoms with Crippen LogP contribution in [-0.2, 0) is 0 Å². The van der Waals surface area contributed by atoms with Gasteiger partial charge in [0.2, 0.25) is 0 Å². The van der Waals surface area contributed by atoms with E-state index in [1.807, 2.05) is 0 Å². The first-order chi connectivity index (χ1) is 7.77. The van der Waals surface area contributed by atoms with Crippen LogP contribution in [0.15, 0.2) is 18.2 Å². The third-order valence-electron chi connectivity index (χ3n) is 3.50. The Balaban J connectivity index is 1.84. The molecule has 0 radical (unpaired) electrons. The highest BCUT2D eigenvalue weighted by atomic mass is 14.9. The molecule has 1 aliphatic rings. The summed E-state index contributed by atoms with van der Waals surface area (Å²) in [5, 5.41) is 7.00. The largest absolute Gasteiger partial charge is 0.385 e. The average Bonchev–Trinajstić information content (AvgIpc) is 2.75. The predicted octanol–water partition coefficient (Wildman–Crippen LogP) is 2.71. The summed E-state index contributed by atoms with van der Waals surface area (Å²) in [6.45, 7) is 7.85. The highest BCUT2D eigenvalue weighted by Gasteiger charge is 2.13. The summed E-state index contributed by atoms with van der Waals surface area (Å²) in [7, 11) is 0. The molecule has 0 aliphatic carbocycles. The Bertz CT molecular complexity index is 320. The van der Waals surface area contributed by atoms with E-state index >= 15 is 0 Å². The summed E-state index contributed by atoms with van der Waals surface area (Å²) in [6.07, 6.45) is 2.62. The number of hydrogen-bond donors (Lipinski definition) is 2. The van der Waals surface area contributed by atoms with E-state index in [1.54, 1.807) is 0 Å². The first-order valence-electron chi connectivity index (χ1n) is 6.28. The molecule has 0 saturated carbocycles. The first-order valence-corrected chi connectivity index (χ1v) is 6.28. The van der Waals surface area contributed by atoms with Crippen molar-refractivity contribution >= 4 is 5.69 Å². The first kappa shape index (κ1) is 11.5. The van der Waals surface area contributed by atoms with Crippen LogP contribution in [-0.4, -0.2) is 19.6 Å². The molecule has 0 spiro atoms. The summed E-state index contributed by atoms with van der Waals surface area (Å²) in [5.41, 5.74) is 4.03. The quantitative estimate of drug-likeness (QED) is 0.812. The van der Waals surface area contributed by atoms with Gasteiger partial charge in [-0.2, -0.15) is 0 Å². The zero-order chi connectivity index (χ0) is 11.4. The van der Waals surface area contributed by atoms with Crippen molar-refractivity contribution in [2.75, 3.05) is 25.0 Å². The molecule has 2 heteroatoms. The van der Waals surface area contributed by atoms with Gasteiger partial charge in [-0.1, -0.05) is 18.2 Å². The maximum atomic E-state index is 3.58. The average molecular weight is 218 g/mol. The van der Waals surface area contributed by atoms with E-state index in [0.717, 1.165) is 12.5 Å². The monoisotopic (exact) mass is 218 g/mol. The fourth-order valence-corrected chi connectivity index (χ4v) is 2.46. The van der Waals surface area contributed by atoms with Crippen molar-refractivity contribution in [3.63, 3.8) is 0 Å². The van der Waals surface area contributed by atoms with Gasteiger partial charge in [0.15, 0.2) is 0 Å². The molecule has 0 aromatic heterocycles. The van der Waals surface area contributed by atoms with Gasteiger partial charge in [-0.05, 0) is 56.8 Å². The highest BCUT2D eigenvalue weighted by Crippen LogP contribution is 2.20. The lowest BCUT2D eigenvalue weighted by Gasteiger charge is -2.14. The van der Waals surface area contributed by atoms with Gasteiger partial charge in [0.05, 0.1) is 0 Å². The van der Waals surface area contributed by atoms with Crippen LogP contribution in [0.4, 0.5) is 5.69 Å². The standard InChI is InChI=1S/C14H22N2/c1-11-4-3-5-12(2)14(11)16-9-7-13-6-8-15-10-13/h3-5,13,15-16H,6-10H2,1-2H3. The number of rotatable bonds is 4. The number of benzene rings is 1. The van der Waals surface area contributed by atoms with E-state index in [-0.39, 0.29) is 0 Å². The van der Waals surface area contributed by atoms with Crippen LogP contribution in [0.5, 0.6) is 0 Å². The topological polar surface area (TPSA) is 24.1 Å². The minimum Gasteiger partial charge on any atom is -0.385 e. The van der Waals surface area contributed by atoms with Gasteiger partial charge in [-0.3, -0.25) is 0 Å². The summed E-state index contributed by atoms with van der Waals surface area (Å²) in [6, 6.07) is 6.47. The van der Waals surface area contributed by atoms with Crippen LogP contribution >= 0.6 is 0 Å².